The molecule has 0 unspecified atom stereocenters. The number of aryl methyl sites for hydroxylation is 3. The number of aliphatic hydroxyl groups is 1. The summed E-state index contributed by atoms with van der Waals surface area (Å²) in [6, 6.07) is 3.91. The van der Waals surface area contributed by atoms with Gasteiger partial charge in [-0.25, -0.2) is 4.98 Å². The van der Waals surface area contributed by atoms with Crippen molar-refractivity contribution in [3.05, 3.63) is 47.0 Å². The lowest BCUT2D eigenvalue weighted by Crippen LogP contribution is -2.07. The Labute approximate surface area is 113 Å². The minimum absolute atomic E-state index is 0.0577. The lowest BCUT2D eigenvalue weighted by molar-refractivity contribution is 0.277. The molecule has 102 valence electrons. The van der Waals surface area contributed by atoms with Gasteiger partial charge in [-0.1, -0.05) is 12.1 Å². The highest BCUT2D eigenvalue weighted by Gasteiger charge is 2.08. The third-order valence-electron chi connectivity index (χ3n) is 3.19. The molecule has 19 heavy (non-hydrogen) atoms. The molecule has 0 radical (unpaired) electrons. The first-order valence-corrected chi connectivity index (χ1v) is 6.49. The van der Waals surface area contributed by atoms with E-state index in [1.54, 1.807) is 6.20 Å². The van der Waals surface area contributed by atoms with Crippen molar-refractivity contribution in [2.24, 2.45) is 0 Å². The van der Waals surface area contributed by atoms with Gasteiger partial charge >= 0.3 is 0 Å². The van der Waals surface area contributed by atoms with Gasteiger partial charge in [-0.2, -0.15) is 0 Å². The molecule has 0 aliphatic carbocycles. The molecule has 0 aliphatic rings. The molecule has 0 saturated heterocycles. The first kappa shape index (κ1) is 13.6. The molecule has 2 aromatic rings. The molecular formula is C15H20N2O2. The summed E-state index contributed by atoms with van der Waals surface area (Å²) in [6.07, 6.45) is 3.74. The highest BCUT2D eigenvalue weighted by molar-refractivity contribution is 5.43. The summed E-state index contributed by atoms with van der Waals surface area (Å²) < 4.78 is 7.95. The molecule has 0 aliphatic heterocycles. The Hall–Kier alpha value is -1.81. The molecule has 2 rings (SSSR count). The van der Waals surface area contributed by atoms with Gasteiger partial charge in [0.25, 0.3) is 0 Å². The zero-order valence-electron chi connectivity index (χ0n) is 11.7. The molecule has 1 N–H and O–H groups in total. The maximum Gasteiger partial charge on any atom is 0.146 e. The van der Waals surface area contributed by atoms with E-state index < -0.39 is 0 Å². The van der Waals surface area contributed by atoms with E-state index in [-0.39, 0.29) is 6.61 Å². The fraction of sp³-hybridized carbons (Fsp3) is 0.400. The van der Waals surface area contributed by atoms with Crippen LogP contribution < -0.4 is 4.74 Å². The quantitative estimate of drug-likeness (QED) is 0.899. The van der Waals surface area contributed by atoms with Crippen molar-refractivity contribution in [1.29, 1.82) is 0 Å². The molecule has 1 heterocycles. The number of aliphatic hydroxyl groups excluding tert-OH is 1. The number of rotatable bonds is 5. The summed E-state index contributed by atoms with van der Waals surface area (Å²) in [4.78, 5) is 4.29. The van der Waals surface area contributed by atoms with Crippen LogP contribution in [0.2, 0.25) is 0 Å². The Morgan fingerprint density at radius 2 is 1.95 bits per heavy atom. The normalized spacial score (nSPS) is 10.7. The largest absolute Gasteiger partial charge is 0.485 e. The molecule has 0 spiro atoms. The van der Waals surface area contributed by atoms with Gasteiger partial charge in [0.1, 0.15) is 18.2 Å². The fourth-order valence-electron chi connectivity index (χ4n) is 2.26. The average molecular weight is 260 g/mol. The van der Waals surface area contributed by atoms with Crippen molar-refractivity contribution < 1.29 is 9.84 Å². The van der Waals surface area contributed by atoms with Crippen molar-refractivity contribution in [2.75, 3.05) is 0 Å². The third-order valence-corrected chi connectivity index (χ3v) is 3.19. The van der Waals surface area contributed by atoms with Gasteiger partial charge in [0, 0.05) is 18.9 Å². The standard InChI is InChI=1S/C15H20N2O2/c1-4-17-6-5-16-14(17)10-19-15-11(2)7-13(9-18)8-12(15)3/h5-8,18H,4,9-10H2,1-3H3. The Balaban J connectivity index is 2.16. The van der Waals surface area contributed by atoms with E-state index >= 15 is 0 Å². The van der Waals surface area contributed by atoms with E-state index in [4.69, 9.17) is 4.74 Å². The second kappa shape index (κ2) is 5.89. The van der Waals surface area contributed by atoms with Gasteiger partial charge in [0.05, 0.1) is 6.61 Å². The number of ether oxygens (including phenoxy) is 1. The van der Waals surface area contributed by atoms with E-state index in [0.717, 1.165) is 34.8 Å². The Morgan fingerprint density at radius 3 is 2.53 bits per heavy atom. The van der Waals surface area contributed by atoms with Crippen LogP contribution in [0.4, 0.5) is 0 Å². The zero-order valence-corrected chi connectivity index (χ0v) is 11.7. The second-order valence-electron chi connectivity index (χ2n) is 4.64. The molecule has 0 atom stereocenters. The lowest BCUT2D eigenvalue weighted by Gasteiger charge is -2.14. The zero-order chi connectivity index (χ0) is 13.8. The van der Waals surface area contributed by atoms with Crippen LogP contribution in [-0.4, -0.2) is 14.7 Å². The summed E-state index contributed by atoms with van der Waals surface area (Å²) in [5, 5.41) is 9.17. The first-order valence-electron chi connectivity index (χ1n) is 6.49. The van der Waals surface area contributed by atoms with E-state index in [1.165, 1.54) is 0 Å². The molecule has 0 saturated carbocycles. The minimum atomic E-state index is 0.0577. The molecule has 1 aromatic carbocycles. The van der Waals surface area contributed by atoms with E-state index in [2.05, 4.69) is 16.5 Å². The fourth-order valence-corrected chi connectivity index (χ4v) is 2.26. The number of imidazole rings is 1. The SMILES string of the molecule is CCn1ccnc1COc1c(C)cc(CO)cc1C. The van der Waals surface area contributed by atoms with E-state index in [1.807, 2.05) is 32.2 Å². The van der Waals surface area contributed by atoms with Gasteiger partial charge in [-0.05, 0) is 37.5 Å². The maximum atomic E-state index is 9.17. The molecule has 4 nitrogen and oxygen atoms in total. The number of hydrogen-bond acceptors (Lipinski definition) is 3. The summed E-state index contributed by atoms with van der Waals surface area (Å²) in [5.74, 6) is 1.80. The summed E-state index contributed by atoms with van der Waals surface area (Å²) in [6.45, 7) is 7.47. The summed E-state index contributed by atoms with van der Waals surface area (Å²) in [5.41, 5.74) is 3.00. The number of hydrogen-bond donors (Lipinski definition) is 1. The van der Waals surface area contributed by atoms with Crippen molar-refractivity contribution in [1.82, 2.24) is 9.55 Å². The van der Waals surface area contributed by atoms with Crippen molar-refractivity contribution in [3.8, 4) is 5.75 Å². The molecule has 1 aromatic heterocycles. The van der Waals surface area contributed by atoms with Crippen molar-refractivity contribution in [3.63, 3.8) is 0 Å². The smallest absolute Gasteiger partial charge is 0.146 e. The Kier molecular flexibility index (Phi) is 4.22. The van der Waals surface area contributed by atoms with E-state index in [0.29, 0.717) is 6.61 Å². The highest BCUT2D eigenvalue weighted by Crippen LogP contribution is 2.25. The van der Waals surface area contributed by atoms with E-state index in [9.17, 15) is 5.11 Å². The van der Waals surface area contributed by atoms with Gasteiger partial charge in [0.2, 0.25) is 0 Å². The van der Waals surface area contributed by atoms with Crippen LogP contribution in [0.15, 0.2) is 24.5 Å². The number of nitrogens with zero attached hydrogens (tertiary/aromatic N) is 2. The lowest BCUT2D eigenvalue weighted by atomic mass is 10.1. The van der Waals surface area contributed by atoms with Gasteiger partial charge in [0.15, 0.2) is 0 Å². The van der Waals surface area contributed by atoms with Gasteiger partial charge in [-0.3, -0.25) is 0 Å². The predicted octanol–water partition coefficient (Wildman–Crippen LogP) is 2.59. The molecule has 0 amide bonds. The first-order chi connectivity index (χ1) is 9.15. The monoisotopic (exact) mass is 260 g/mol. The Morgan fingerprint density at radius 1 is 1.26 bits per heavy atom. The van der Waals surface area contributed by atoms with Crippen molar-refractivity contribution in [2.45, 2.75) is 40.5 Å². The molecule has 0 fully saturated rings. The van der Waals surface area contributed by atoms with Crippen LogP contribution >= 0.6 is 0 Å². The maximum absolute atomic E-state index is 9.17. The highest BCUT2D eigenvalue weighted by atomic mass is 16.5. The number of benzene rings is 1. The Bertz CT molecular complexity index is 538. The predicted molar refractivity (Wildman–Crippen MR) is 74.1 cm³/mol. The van der Waals surface area contributed by atoms with Crippen LogP contribution in [0.3, 0.4) is 0 Å². The topological polar surface area (TPSA) is 47.3 Å². The van der Waals surface area contributed by atoms with Crippen molar-refractivity contribution >= 4 is 0 Å². The van der Waals surface area contributed by atoms with Crippen LogP contribution in [-0.2, 0) is 19.8 Å². The average Bonchev–Trinajstić information content (AvgIpc) is 2.85. The van der Waals surface area contributed by atoms with Crippen LogP contribution in [0.25, 0.3) is 0 Å². The molecule has 4 heteroatoms. The van der Waals surface area contributed by atoms with Crippen LogP contribution in [0, 0.1) is 13.8 Å². The molecular weight excluding hydrogens is 240 g/mol. The van der Waals surface area contributed by atoms with Gasteiger partial charge in [-0.15, -0.1) is 0 Å². The van der Waals surface area contributed by atoms with Gasteiger partial charge < -0.3 is 14.4 Å². The van der Waals surface area contributed by atoms with Crippen LogP contribution in [0.5, 0.6) is 5.75 Å². The third kappa shape index (κ3) is 2.96. The molecule has 0 bridgehead atoms. The summed E-state index contributed by atoms with van der Waals surface area (Å²) >= 11 is 0. The second-order valence-corrected chi connectivity index (χ2v) is 4.64. The van der Waals surface area contributed by atoms with Crippen LogP contribution in [0.1, 0.15) is 29.4 Å². The summed E-state index contributed by atoms with van der Waals surface area (Å²) in [7, 11) is 0. The number of aromatic nitrogens is 2. The minimum Gasteiger partial charge on any atom is -0.485 e.